The molecule has 1 nitrogen and oxygen atoms in total. The van der Waals surface area contributed by atoms with E-state index in [9.17, 15) is 0 Å². The van der Waals surface area contributed by atoms with Gasteiger partial charge in [0.2, 0.25) is 0 Å². The molecule has 25 heavy (non-hydrogen) atoms. The molecule has 4 atom stereocenters. The molecule has 2 aliphatic heterocycles. The first-order valence-corrected chi connectivity index (χ1v) is 9.95. The number of rotatable bonds is 3. The van der Waals surface area contributed by atoms with E-state index in [1.807, 2.05) is 0 Å². The Morgan fingerprint density at radius 2 is 1.72 bits per heavy atom. The molecule has 0 aromatic heterocycles. The van der Waals surface area contributed by atoms with Gasteiger partial charge in [-0.15, -0.1) is 0 Å². The van der Waals surface area contributed by atoms with Crippen LogP contribution in [0.15, 0.2) is 48.5 Å². The molecule has 132 valence electrons. The van der Waals surface area contributed by atoms with Gasteiger partial charge >= 0.3 is 0 Å². The Morgan fingerprint density at radius 1 is 0.920 bits per heavy atom. The van der Waals surface area contributed by atoms with Crippen LogP contribution in [0.4, 0.5) is 0 Å². The molecule has 0 radical (unpaired) electrons. The molecule has 1 heteroatoms. The number of piperidine rings is 1. The Labute approximate surface area is 153 Å². The molecule has 2 fully saturated rings. The van der Waals surface area contributed by atoms with Crippen LogP contribution < -0.4 is 0 Å². The molecule has 2 heterocycles. The predicted octanol–water partition coefficient (Wildman–Crippen LogP) is 5.36. The van der Waals surface area contributed by atoms with E-state index in [0.29, 0.717) is 0 Å². The zero-order chi connectivity index (χ0) is 17.4. The quantitative estimate of drug-likeness (QED) is 0.731. The van der Waals surface area contributed by atoms with Crippen molar-refractivity contribution >= 4 is 0 Å². The molecule has 2 aliphatic rings. The molecule has 0 saturated carbocycles. The standard InChI is InChI=1S/C24H31N/c1-17-9-10-20(11-18(17)2)12-22-13-24-14-23(16-25(24)15-19(22)3)21-7-5-4-6-8-21/h4-11,19,22-24H,12-16H2,1-3H3. The topological polar surface area (TPSA) is 3.24 Å². The number of nitrogens with zero attached hydrogens (tertiary/aromatic N) is 1. The van der Waals surface area contributed by atoms with Crippen molar-refractivity contribution in [2.45, 2.75) is 52.0 Å². The highest BCUT2D eigenvalue weighted by Gasteiger charge is 2.39. The molecule has 2 saturated heterocycles. The lowest BCUT2D eigenvalue weighted by Gasteiger charge is -2.39. The minimum Gasteiger partial charge on any atom is -0.299 e. The Kier molecular flexibility index (Phi) is 4.69. The van der Waals surface area contributed by atoms with Crippen LogP contribution in [0.25, 0.3) is 0 Å². The molecule has 0 aliphatic carbocycles. The smallest absolute Gasteiger partial charge is 0.0105 e. The summed E-state index contributed by atoms with van der Waals surface area (Å²) in [5.41, 5.74) is 5.92. The Balaban J connectivity index is 1.44. The molecular formula is C24H31N. The van der Waals surface area contributed by atoms with Crippen LogP contribution in [0.1, 0.15) is 47.9 Å². The van der Waals surface area contributed by atoms with Crippen LogP contribution in [0.5, 0.6) is 0 Å². The van der Waals surface area contributed by atoms with Crippen LogP contribution in [0.3, 0.4) is 0 Å². The summed E-state index contributed by atoms with van der Waals surface area (Å²) in [6.07, 6.45) is 3.97. The summed E-state index contributed by atoms with van der Waals surface area (Å²) in [6.45, 7) is 9.46. The first kappa shape index (κ1) is 16.8. The van der Waals surface area contributed by atoms with Crippen LogP contribution >= 0.6 is 0 Å². The lowest BCUT2D eigenvalue weighted by Crippen LogP contribution is -2.43. The number of aryl methyl sites for hydroxylation is 2. The van der Waals surface area contributed by atoms with Crippen LogP contribution in [-0.2, 0) is 6.42 Å². The van der Waals surface area contributed by atoms with Gasteiger partial charge in [-0.3, -0.25) is 4.90 Å². The van der Waals surface area contributed by atoms with Gasteiger partial charge < -0.3 is 0 Å². The summed E-state index contributed by atoms with van der Waals surface area (Å²) >= 11 is 0. The van der Waals surface area contributed by atoms with Gasteiger partial charge in [-0.2, -0.15) is 0 Å². The highest BCUT2D eigenvalue weighted by molar-refractivity contribution is 5.30. The van der Waals surface area contributed by atoms with Crippen LogP contribution in [-0.4, -0.2) is 24.0 Å². The van der Waals surface area contributed by atoms with Gasteiger partial charge in [0.25, 0.3) is 0 Å². The maximum atomic E-state index is 2.78. The third kappa shape index (κ3) is 3.53. The van der Waals surface area contributed by atoms with Gasteiger partial charge in [0.15, 0.2) is 0 Å². The number of hydrogen-bond donors (Lipinski definition) is 0. The van der Waals surface area contributed by atoms with E-state index >= 15 is 0 Å². The van der Waals surface area contributed by atoms with E-state index in [4.69, 9.17) is 0 Å². The van der Waals surface area contributed by atoms with Crippen molar-refractivity contribution in [2.24, 2.45) is 11.8 Å². The van der Waals surface area contributed by atoms with E-state index in [1.165, 1.54) is 54.6 Å². The maximum absolute atomic E-state index is 2.78. The van der Waals surface area contributed by atoms with Gasteiger partial charge in [0, 0.05) is 19.1 Å². The fraction of sp³-hybridized carbons (Fsp3) is 0.500. The van der Waals surface area contributed by atoms with Crippen LogP contribution in [0.2, 0.25) is 0 Å². The molecule has 2 aromatic rings. The van der Waals surface area contributed by atoms with E-state index < -0.39 is 0 Å². The molecule has 2 aromatic carbocycles. The molecule has 4 rings (SSSR count). The van der Waals surface area contributed by atoms with Crippen molar-refractivity contribution in [3.8, 4) is 0 Å². The summed E-state index contributed by atoms with van der Waals surface area (Å²) in [5.74, 6) is 2.36. The lowest BCUT2D eigenvalue weighted by atomic mass is 9.79. The second-order valence-electron chi connectivity index (χ2n) is 8.55. The summed E-state index contributed by atoms with van der Waals surface area (Å²) in [5, 5.41) is 0. The van der Waals surface area contributed by atoms with Crippen molar-refractivity contribution in [3.05, 3.63) is 70.8 Å². The average molecular weight is 334 g/mol. The second kappa shape index (κ2) is 6.96. The van der Waals surface area contributed by atoms with Crippen molar-refractivity contribution in [1.82, 2.24) is 4.90 Å². The van der Waals surface area contributed by atoms with Gasteiger partial charge in [-0.05, 0) is 73.1 Å². The Morgan fingerprint density at radius 3 is 2.48 bits per heavy atom. The first-order valence-electron chi connectivity index (χ1n) is 9.95. The van der Waals surface area contributed by atoms with E-state index in [2.05, 4.69) is 74.2 Å². The summed E-state index contributed by atoms with van der Waals surface area (Å²) in [6, 6.07) is 19.0. The lowest BCUT2D eigenvalue weighted by molar-refractivity contribution is 0.101. The monoisotopic (exact) mass is 333 g/mol. The van der Waals surface area contributed by atoms with Gasteiger partial charge in [-0.25, -0.2) is 0 Å². The maximum Gasteiger partial charge on any atom is 0.0105 e. The fourth-order valence-electron chi connectivity index (χ4n) is 5.04. The molecule has 0 amide bonds. The zero-order valence-electron chi connectivity index (χ0n) is 15.9. The predicted molar refractivity (Wildman–Crippen MR) is 106 cm³/mol. The average Bonchev–Trinajstić information content (AvgIpc) is 3.02. The molecule has 0 spiro atoms. The largest absolute Gasteiger partial charge is 0.299 e. The summed E-state index contributed by atoms with van der Waals surface area (Å²) in [7, 11) is 0. The number of hydrogen-bond acceptors (Lipinski definition) is 1. The zero-order valence-corrected chi connectivity index (χ0v) is 15.9. The van der Waals surface area contributed by atoms with E-state index in [-0.39, 0.29) is 0 Å². The number of benzene rings is 2. The number of fused-ring (bicyclic) bond motifs is 1. The SMILES string of the molecule is Cc1ccc(CC2CC3CC(c4ccccc4)CN3CC2C)cc1C. The van der Waals surface area contributed by atoms with Crippen molar-refractivity contribution < 1.29 is 0 Å². The Hall–Kier alpha value is -1.60. The molecule has 0 N–H and O–H groups in total. The minimum absolute atomic E-state index is 0.735. The second-order valence-corrected chi connectivity index (χ2v) is 8.55. The summed E-state index contributed by atoms with van der Waals surface area (Å²) < 4.78 is 0. The van der Waals surface area contributed by atoms with Gasteiger partial charge in [-0.1, -0.05) is 55.5 Å². The highest BCUT2D eigenvalue weighted by Crippen LogP contribution is 2.40. The summed E-state index contributed by atoms with van der Waals surface area (Å²) in [4.78, 5) is 2.78. The van der Waals surface area contributed by atoms with Crippen molar-refractivity contribution in [1.29, 1.82) is 0 Å². The van der Waals surface area contributed by atoms with Crippen molar-refractivity contribution in [3.63, 3.8) is 0 Å². The highest BCUT2D eigenvalue weighted by atomic mass is 15.2. The van der Waals surface area contributed by atoms with E-state index in [0.717, 1.165) is 23.8 Å². The molecule has 0 bridgehead atoms. The molecular weight excluding hydrogens is 302 g/mol. The van der Waals surface area contributed by atoms with Gasteiger partial charge in [0.05, 0.1) is 0 Å². The molecule has 4 unspecified atom stereocenters. The minimum atomic E-state index is 0.735. The van der Waals surface area contributed by atoms with Gasteiger partial charge in [0.1, 0.15) is 0 Å². The van der Waals surface area contributed by atoms with E-state index in [1.54, 1.807) is 0 Å². The normalized spacial score (nSPS) is 29.6. The third-order valence-corrected chi connectivity index (χ3v) is 6.77. The fourth-order valence-corrected chi connectivity index (χ4v) is 5.04. The first-order chi connectivity index (χ1) is 12.1. The van der Waals surface area contributed by atoms with Crippen molar-refractivity contribution in [2.75, 3.05) is 13.1 Å². The van der Waals surface area contributed by atoms with Crippen LogP contribution in [0, 0.1) is 25.7 Å². The Bertz CT molecular complexity index is 720. The third-order valence-electron chi connectivity index (χ3n) is 6.77.